The Morgan fingerprint density at radius 2 is 1.90 bits per heavy atom. The number of nitrogens with one attached hydrogen (secondary N) is 1. The van der Waals surface area contributed by atoms with Gasteiger partial charge in [0.05, 0.1) is 25.7 Å². The number of allylic oxidation sites excluding steroid dienone is 1. The standard InChI is InChI=1S/C31H39F2NO5/c1-7-9-10-13-38-26-17-22(32)14-19(3)28(26)21-15-23(20-11-12-20)29(33)24(16-21)25(18-27(35)37-8-2)34-30(36)39-31(4,5)6/h7,14-17,20,25H,1,8-13,18H2,2-6H3,(H,34,36)/t25-/m0/s1. The van der Waals surface area contributed by atoms with Gasteiger partial charge < -0.3 is 19.5 Å². The number of rotatable bonds is 12. The van der Waals surface area contributed by atoms with Crippen LogP contribution in [0.3, 0.4) is 0 Å². The minimum atomic E-state index is -1.05. The van der Waals surface area contributed by atoms with Crippen LogP contribution >= 0.6 is 0 Å². The normalized spacial score (nSPS) is 13.9. The summed E-state index contributed by atoms with van der Waals surface area (Å²) < 4.78 is 46.9. The van der Waals surface area contributed by atoms with E-state index in [4.69, 9.17) is 14.2 Å². The summed E-state index contributed by atoms with van der Waals surface area (Å²) in [4.78, 5) is 25.2. The summed E-state index contributed by atoms with van der Waals surface area (Å²) in [5.74, 6) is -1.14. The van der Waals surface area contributed by atoms with Crippen molar-refractivity contribution in [1.29, 1.82) is 0 Å². The summed E-state index contributed by atoms with van der Waals surface area (Å²) in [7, 11) is 0. The molecule has 3 rings (SSSR count). The number of esters is 1. The molecule has 1 fully saturated rings. The summed E-state index contributed by atoms with van der Waals surface area (Å²) in [5, 5.41) is 2.67. The molecule has 39 heavy (non-hydrogen) atoms. The maximum absolute atomic E-state index is 16.0. The van der Waals surface area contributed by atoms with Crippen molar-refractivity contribution in [3.05, 3.63) is 65.2 Å². The molecule has 1 N–H and O–H groups in total. The van der Waals surface area contributed by atoms with Crippen LogP contribution in [0, 0.1) is 18.6 Å². The molecular weight excluding hydrogens is 504 g/mol. The molecule has 1 atom stereocenters. The first-order chi connectivity index (χ1) is 18.4. The van der Waals surface area contributed by atoms with Crippen molar-refractivity contribution in [2.75, 3.05) is 13.2 Å². The second-order valence-corrected chi connectivity index (χ2v) is 10.8. The lowest BCUT2D eigenvalue weighted by atomic mass is 9.90. The predicted molar refractivity (Wildman–Crippen MR) is 147 cm³/mol. The number of ether oxygens (including phenoxy) is 3. The van der Waals surface area contributed by atoms with Crippen molar-refractivity contribution in [3.8, 4) is 16.9 Å². The Morgan fingerprint density at radius 1 is 1.18 bits per heavy atom. The Kier molecular flexibility index (Phi) is 10.1. The minimum absolute atomic E-state index is 0.0196. The van der Waals surface area contributed by atoms with Crippen LogP contribution in [0.4, 0.5) is 13.6 Å². The van der Waals surface area contributed by atoms with Gasteiger partial charge in [0.15, 0.2) is 0 Å². The molecule has 0 radical (unpaired) electrons. The molecule has 0 unspecified atom stereocenters. The van der Waals surface area contributed by atoms with Gasteiger partial charge in [-0.15, -0.1) is 6.58 Å². The first-order valence-electron chi connectivity index (χ1n) is 13.5. The molecule has 0 bridgehead atoms. The number of carbonyl (C=O) groups excluding carboxylic acids is 2. The number of amides is 1. The van der Waals surface area contributed by atoms with Crippen LogP contribution in [0.2, 0.25) is 0 Å². The molecule has 1 aliphatic carbocycles. The topological polar surface area (TPSA) is 73.9 Å². The van der Waals surface area contributed by atoms with Crippen molar-refractivity contribution in [1.82, 2.24) is 5.32 Å². The Balaban J connectivity index is 2.12. The van der Waals surface area contributed by atoms with Crippen LogP contribution in [0.25, 0.3) is 11.1 Å². The summed E-state index contributed by atoms with van der Waals surface area (Å²) in [5.41, 5.74) is 1.70. The quantitative estimate of drug-likeness (QED) is 0.169. The van der Waals surface area contributed by atoms with Crippen LogP contribution in [0.1, 0.15) is 88.4 Å². The smallest absolute Gasteiger partial charge is 0.408 e. The molecule has 0 spiro atoms. The van der Waals surface area contributed by atoms with Crippen LogP contribution in [-0.2, 0) is 14.3 Å². The zero-order valence-electron chi connectivity index (χ0n) is 23.5. The van der Waals surface area contributed by atoms with E-state index in [9.17, 15) is 14.0 Å². The third-order valence-corrected chi connectivity index (χ3v) is 6.25. The zero-order chi connectivity index (χ0) is 28.7. The van der Waals surface area contributed by atoms with Crippen LogP contribution in [0.15, 0.2) is 36.9 Å². The fourth-order valence-electron chi connectivity index (χ4n) is 4.44. The second kappa shape index (κ2) is 13.1. The minimum Gasteiger partial charge on any atom is -0.493 e. The molecule has 2 aromatic carbocycles. The molecule has 6 nitrogen and oxygen atoms in total. The number of unbranched alkanes of at least 4 members (excludes halogenated alkanes) is 1. The van der Waals surface area contributed by atoms with Gasteiger partial charge in [-0.25, -0.2) is 13.6 Å². The maximum atomic E-state index is 16.0. The van der Waals surface area contributed by atoms with Crippen molar-refractivity contribution in [2.45, 2.75) is 84.3 Å². The number of halogens is 2. The predicted octanol–water partition coefficient (Wildman–Crippen LogP) is 7.68. The third-order valence-electron chi connectivity index (χ3n) is 6.25. The van der Waals surface area contributed by atoms with E-state index >= 15 is 4.39 Å². The first-order valence-corrected chi connectivity index (χ1v) is 13.5. The second-order valence-electron chi connectivity index (χ2n) is 10.8. The number of hydrogen-bond acceptors (Lipinski definition) is 5. The van der Waals surface area contributed by atoms with E-state index in [1.807, 2.05) is 0 Å². The van der Waals surface area contributed by atoms with Crippen molar-refractivity contribution < 1.29 is 32.6 Å². The highest BCUT2D eigenvalue weighted by molar-refractivity contribution is 5.77. The fourth-order valence-corrected chi connectivity index (χ4v) is 4.44. The van der Waals surface area contributed by atoms with Crippen molar-refractivity contribution >= 4 is 12.1 Å². The van der Waals surface area contributed by atoms with E-state index in [0.29, 0.717) is 41.0 Å². The SMILES string of the molecule is C=CCCCOc1cc(F)cc(C)c1-c1cc(C2CC2)c(F)c([C@H](CC(=O)OCC)NC(=O)OC(C)(C)C)c1. The van der Waals surface area contributed by atoms with Crippen LogP contribution in [-0.4, -0.2) is 30.9 Å². The lowest BCUT2D eigenvalue weighted by molar-refractivity contribution is -0.143. The Morgan fingerprint density at radius 3 is 2.51 bits per heavy atom. The molecule has 0 aliphatic heterocycles. The fraction of sp³-hybridized carbons (Fsp3) is 0.484. The van der Waals surface area contributed by atoms with Gasteiger partial charge in [0.2, 0.25) is 0 Å². The number of aryl methyl sites for hydroxylation is 1. The number of benzene rings is 2. The molecule has 8 heteroatoms. The maximum Gasteiger partial charge on any atom is 0.408 e. The zero-order valence-corrected chi connectivity index (χ0v) is 23.5. The van der Waals surface area contributed by atoms with Gasteiger partial charge in [-0.2, -0.15) is 0 Å². The molecule has 0 heterocycles. The highest BCUT2D eigenvalue weighted by Gasteiger charge is 2.33. The van der Waals surface area contributed by atoms with E-state index in [1.54, 1.807) is 52.8 Å². The molecule has 0 aromatic heterocycles. The van der Waals surface area contributed by atoms with Gasteiger partial charge in [0, 0.05) is 17.2 Å². The van der Waals surface area contributed by atoms with Gasteiger partial charge in [-0.05, 0) is 101 Å². The molecule has 1 aliphatic rings. The summed E-state index contributed by atoms with van der Waals surface area (Å²) >= 11 is 0. The molecule has 1 saturated carbocycles. The average Bonchev–Trinajstić information content (AvgIpc) is 3.66. The summed E-state index contributed by atoms with van der Waals surface area (Å²) in [6, 6.07) is 5.04. The largest absolute Gasteiger partial charge is 0.493 e. The molecule has 2 aromatic rings. The van der Waals surface area contributed by atoms with E-state index in [2.05, 4.69) is 11.9 Å². The van der Waals surface area contributed by atoms with Gasteiger partial charge in [-0.3, -0.25) is 4.79 Å². The van der Waals surface area contributed by atoms with E-state index < -0.39 is 35.3 Å². The molecule has 0 saturated heterocycles. The van der Waals surface area contributed by atoms with Crippen LogP contribution in [0.5, 0.6) is 5.75 Å². The number of carbonyl (C=O) groups is 2. The third kappa shape index (κ3) is 8.53. The number of alkyl carbamates (subject to hydrolysis) is 1. The Hall–Kier alpha value is -3.42. The van der Waals surface area contributed by atoms with E-state index in [0.717, 1.165) is 19.3 Å². The first kappa shape index (κ1) is 30.1. The number of hydrogen-bond donors (Lipinski definition) is 1. The Bertz CT molecular complexity index is 1200. The van der Waals surface area contributed by atoms with Gasteiger partial charge >= 0.3 is 12.1 Å². The molecular formula is C31H39F2NO5. The van der Waals surface area contributed by atoms with Crippen molar-refractivity contribution in [3.63, 3.8) is 0 Å². The highest BCUT2D eigenvalue weighted by Crippen LogP contribution is 2.46. The lowest BCUT2D eigenvalue weighted by Crippen LogP contribution is -2.36. The molecule has 1 amide bonds. The van der Waals surface area contributed by atoms with E-state index in [1.165, 1.54) is 12.1 Å². The van der Waals surface area contributed by atoms with Crippen molar-refractivity contribution in [2.24, 2.45) is 0 Å². The lowest BCUT2D eigenvalue weighted by Gasteiger charge is -2.25. The summed E-state index contributed by atoms with van der Waals surface area (Å²) in [6.07, 6.45) is 3.84. The monoisotopic (exact) mass is 543 g/mol. The van der Waals surface area contributed by atoms with Gasteiger partial charge in [0.1, 0.15) is 23.0 Å². The summed E-state index contributed by atoms with van der Waals surface area (Å²) in [6.45, 7) is 12.8. The highest BCUT2D eigenvalue weighted by atomic mass is 19.1. The van der Waals surface area contributed by atoms with Crippen LogP contribution < -0.4 is 10.1 Å². The van der Waals surface area contributed by atoms with E-state index in [-0.39, 0.29) is 24.5 Å². The van der Waals surface area contributed by atoms with Gasteiger partial charge in [0.25, 0.3) is 0 Å². The van der Waals surface area contributed by atoms with Gasteiger partial charge in [-0.1, -0.05) is 6.08 Å². The Labute approximate surface area is 229 Å². The average molecular weight is 544 g/mol. The molecule has 212 valence electrons.